The third-order valence-corrected chi connectivity index (χ3v) is 4.03. The Morgan fingerprint density at radius 3 is 2.55 bits per heavy atom. The van der Waals surface area contributed by atoms with Crippen LogP contribution < -0.4 is 16.0 Å². The zero-order valence-corrected chi connectivity index (χ0v) is 11.7. The molecule has 0 fully saturated rings. The summed E-state index contributed by atoms with van der Waals surface area (Å²) in [5.74, 6) is -4.18. The molecule has 0 saturated heterocycles. The van der Waals surface area contributed by atoms with E-state index in [1.54, 1.807) is 9.71 Å². The highest BCUT2D eigenvalue weighted by molar-refractivity contribution is 7.92. The van der Waals surface area contributed by atoms with E-state index in [0.29, 0.717) is 6.07 Å². The number of nitrogens with zero attached hydrogens (tertiary/aromatic N) is 1. The van der Waals surface area contributed by atoms with E-state index in [9.17, 15) is 26.8 Å². The van der Waals surface area contributed by atoms with E-state index < -0.39 is 49.2 Å². The summed E-state index contributed by atoms with van der Waals surface area (Å²) in [6, 6.07) is 1.37. The average Bonchev–Trinajstić information content (AvgIpc) is 2.43. The molecular weight excluding hydrogens is 324 g/mol. The lowest BCUT2D eigenvalue weighted by Crippen LogP contribution is -2.33. The fourth-order valence-corrected chi connectivity index (χ4v) is 2.70. The maximum absolute atomic E-state index is 13.6. The number of nitrogens with one attached hydrogen (secondary N) is 2. The van der Waals surface area contributed by atoms with Crippen molar-refractivity contribution < 1.29 is 22.3 Å². The van der Waals surface area contributed by atoms with Crippen LogP contribution in [0.15, 0.2) is 32.8 Å². The number of aryl methyl sites for hydroxylation is 1. The molecule has 0 saturated carbocycles. The van der Waals surface area contributed by atoms with Gasteiger partial charge in [-0.15, -0.1) is 0 Å². The number of halogens is 2. The number of anilines is 1. The van der Waals surface area contributed by atoms with Gasteiger partial charge in [0.15, 0.2) is 22.3 Å². The summed E-state index contributed by atoms with van der Waals surface area (Å²) >= 11 is 0. The Morgan fingerprint density at radius 1 is 1.27 bits per heavy atom. The molecule has 3 N–H and O–H groups in total. The molecule has 8 nitrogen and oxygen atoms in total. The van der Waals surface area contributed by atoms with Crippen LogP contribution in [0.4, 0.5) is 14.5 Å². The predicted octanol–water partition coefficient (Wildman–Crippen LogP) is -0.142. The van der Waals surface area contributed by atoms with Gasteiger partial charge in [0.1, 0.15) is 0 Å². The molecule has 0 radical (unpaired) electrons. The van der Waals surface area contributed by atoms with Crippen LogP contribution in [-0.2, 0) is 17.1 Å². The molecule has 0 spiro atoms. The summed E-state index contributed by atoms with van der Waals surface area (Å²) in [5.41, 5.74) is -2.80. The summed E-state index contributed by atoms with van der Waals surface area (Å²) in [5, 5.41) is 9.09. The molecule has 1 aromatic heterocycles. The summed E-state index contributed by atoms with van der Waals surface area (Å²) in [7, 11) is -3.37. The highest BCUT2D eigenvalue weighted by Gasteiger charge is 2.23. The number of phenols is 1. The number of aromatic nitrogens is 2. The number of phenolic OH excluding ortho intramolecular Hbond substituents is 1. The van der Waals surface area contributed by atoms with Crippen molar-refractivity contribution in [2.24, 2.45) is 7.05 Å². The first-order valence-electron chi connectivity index (χ1n) is 5.63. The molecule has 0 unspecified atom stereocenters. The molecule has 11 heteroatoms. The van der Waals surface area contributed by atoms with Gasteiger partial charge in [-0.2, -0.15) is 0 Å². The first-order chi connectivity index (χ1) is 10.1. The molecule has 22 heavy (non-hydrogen) atoms. The SMILES string of the molecule is Cn1cc(S(=O)(=O)Nc2ccc(F)c(O)c2F)c(=O)[nH]c1=O. The van der Waals surface area contributed by atoms with Gasteiger partial charge in [0.05, 0.1) is 5.69 Å². The van der Waals surface area contributed by atoms with Crippen molar-refractivity contribution in [2.75, 3.05) is 4.72 Å². The predicted molar refractivity (Wildman–Crippen MR) is 71.1 cm³/mol. The standard InChI is InChI=1S/C11H9F2N3O5S/c1-16-4-7(10(18)14-11(16)19)22(20,21)15-6-3-2-5(12)9(17)8(6)13/h2-4,15,17H,1H3,(H,14,18,19). The molecule has 1 heterocycles. The largest absolute Gasteiger partial charge is 0.503 e. The van der Waals surface area contributed by atoms with E-state index in [0.717, 1.165) is 16.8 Å². The molecule has 0 amide bonds. The van der Waals surface area contributed by atoms with Crippen molar-refractivity contribution in [1.82, 2.24) is 9.55 Å². The molecule has 0 aliphatic rings. The number of hydrogen-bond acceptors (Lipinski definition) is 5. The Bertz CT molecular complexity index is 965. The molecular formula is C11H9F2N3O5S. The van der Waals surface area contributed by atoms with Crippen molar-refractivity contribution in [2.45, 2.75) is 4.90 Å². The Labute approximate surface area is 121 Å². The van der Waals surface area contributed by atoms with Crippen LogP contribution in [0, 0.1) is 11.6 Å². The first-order valence-corrected chi connectivity index (χ1v) is 7.11. The summed E-state index contributed by atoms with van der Waals surface area (Å²) in [4.78, 5) is 23.6. The van der Waals surface area contributed by atoms with E-state index in [2.05, 4.69) is 0 Å². The number of rotatable bonds is 3. The van der Waals surface area contributed by atoms with Crippen LogP contribution in [0.2, 0.25) is 0 Å². The van der Waals surface area contributed by atoms with E-state index >= 15 is 0 Å². The number of aromatic hydroxyl groups is 1. The molecule has 0 bridgehead atoms. The second kappa shape index (κ2) is 5.26. The van der Waals surface area contributed by atoms with Crippen molar-refractivity contribution >= 4 is 15.7 Å². The van der Waals surface area contributed by atoms with Gasteiger partial charge in [-0.05, 0) is 12.1 Å². The fourth-order valence-electron chi connectivity index (χ4n) is 1.55. The second-order valence-electron chi connectivity index (χ2n) is 4.23. The quantitative estimate of drug-likeness (QED) is 0.722. The highest BCUT2D eigenvalue weighted by Crippen LogP contribution is 2.27. The maximum atomic E-state index is 13.6. The molecule has 1 aromatic carbocycles. The maximum Gasteiger partial charge on any atom is 0.328 e. The minimum atomic E-state index is -4.56. The summed E-state index contributed by atoms with van der Waals surface area (Å²) < 4.78 is 53.1. The lowest BCUT2D eigenvalue weighted by molar-refractivity contribution is 0.397. The Kier molecular flexibility index (Phi) is 3.75. The average molecular weight is 333 g/mol. The Hall–Kier alpha value is -2.69. The number of benzene rings is 1. The van der Waals surface area contributed by atoms with Crippen molar-refractivity contribution in [3.8, 4) is 5.75 Å². The van der Waals surface area contributed by atoms with Crippen LogP contribution >= 0.6 is 0 Å². The van der Waals surface area contributed by atoms with Gasteiger partial charge in [0.25, 0.3) is 15.6 Å². The van der Waals surface area contributed by atoms with Crippen LogP contribution in [-0.4, -0.2) is 23.1 Å². The van der Waals surface area contributed by atoms with Gasteiger partial charge < -0.3 is 9.67 Å². The lowest BCUT2D eigenvalue weighted by atomic mass is 10.3. The van der Waals surface area contributed by atoms with Crippen LogP contribution in [0.1, 0.15) is 0 Å². The van der Waals surface area contributed by atoms with Gasteiger partial charge >= 0.3 is 5.69 Å². The zero-order chi connectivity index (χ0) is 16.7. The highest BCUT2D eigenvalue weighted by atomic mass is 32.2. The number of sulfonamides is 1. The van der Waals surface area contributed by atoms with Gasteiger partial charge in [0.2, 0.25) is 0 Å². The third-order valence-electron chi connectivity index (χ3n) is 2.68. The van der Waals surface area contributed by atoms with Crippen molar-refractivity contribution in [3.05, 3.63) is 50.8 Å². The van der Waals surface area contributed by atoms with Gasteiger partial charge in [-0.1, -0.05) is 0 Å². The third kappa shape index (κ3) is 2.70. The first kappa shape index (κ1) is 15.7. The summed E-state index contributed by atoms with van der Waals surface area (Å²) in [6.07, 6.45) is 0.741. The van der Waals surface area contributed by atoms with Gasteiger partial charge in [0, 0.05) is 13.2 Å². The van der Waals surface area contributed by atoms with E-state index in [1.807, 2.05) is 0 Å². The molecule has 0 aliphatic heterocycles. The number of hydrogen-bond donors (Lipinski definition) is 3. The van der Waals surface area contributed by atoms with Crippen LogP contribution in [0.3, 0.4) is 0 Å². The van der Waals surface area contributed by atoms with E-state index in [1.165, 1.54) is 7.05 Å². The Morgan fingerprint density at radius 2 is 1.91 bits per heavy atom. The Balaban J connectivity index is 2.54. The van der Waals surface area contributed by atoms with Crippen molar-refractivity contribution in [3.63, 3.8) is 0 Å². The van der Waals surface area contributed by atoms with Crippen molar-refractivity contribution in [1.29, 1.82) is 0 Å². The molecule has 2 aromatic rings. The molecule has 2 rings (SSSR count). The van der Waals surface area contributed by atoms with Crippen LogP contribution in [0.25, 0.3) is 0 Å². The monoisotopic (exact) mass is 333 g/mol. The minimum absolute atomic E-state index is 0.640. The minimum Gasteiger partial charge on any atom is -0.503 e. The molecule has 0 atom stereocenters. The normalized spacial score (nSPS) is 11.4. The molecule has 118 valence electrons. The van der Waals surface area contributed by atoms with Crippen LogP contribution in [0.5, 0.6) is 5.75 Å². The van der Waals surface area contributed by atoms with E-state index in [4.69, 9.17) is 5.11 Å². The number of H-pyrrole nitrogens is 1. The smallest absolute Gasteiger partial charge is 0.328 e. The number of aromatic amines is 1. The topological polar surface area (TPSA) is 121 Å². The lowest BCUT2D eigenvalue weighted by Gasteiger charge is -2.10. The molecule has 0 aliphatic carbocycles. The van der Waals surface area contributed by atoms with E-state index in [-0.39, 0.29) is 0 Å². The van der Waals surface area contributed by atoms with Gasteiger partial charge in [-0.25, -0.2) is 22.0 Å². The second-order valence-corrected chi connectivity index (χ2v) is 5.88. The zero-order valence-electron chi connectivity index (χ0n) is 10.9. The fraction of sp³-hybridized carbons (Fsp3) is 0.0909. The van der Waals surface area contributed by atoms with Gasteiger partial charge in [-0.3, -0.25) is 14.5 Å². The summed E-state index contributed by atoms with van der Waals surface area (Å²) in [6.45, 7) is 0.